The van der Waals surface area contributed by atoms with Crippen LogP contribution in [0.15, 0.2) is 0 Å². The Kier molecular flexibility index (Phi) is 25.3. The van der Waals surface area contributed by atoms with E-state index in [1.165, 1.54) is 96.3 Å². The van der Waals surface area contributed by atoms with Crippen LogP contribution in [0.25, 0.3) is 0 Å². The van der Waals surface area contributed by atoms with E-state index in [2.05, 4.69) is 16.0 Å². The number of esters is 1. The molecule has 0 aromatic rings. The van der Waals surface area contributed by atoms with Crippen LogP contribution in [0.3, 0.4) is 0 Å². The van der Waals surface area contributed by atoms with E-state index >= 15 is 0 Å². The topological polar surface area (TPSA) is 143 Å². The number of carbonyl (C=O) groups is 1. The number of hydrogen-bond donors (Lipinski definition) is 4. The molecule has 0 spiro atoms. The highest BCUT2D eigenvalue weighted by Gasteiger charge is 2.24. The van der Waals surface area contributed by atoms with E-state index < -0.39 is 45.8 Å². The Balaban J connectivity index is 3.44. The van der Waals surface area contributed by atoms with E-state index in [1.807, 2.05) is 0 Å². The maximum atomic E-state index is 11.8. The second-order valence-corrected chi connectivity index (χ2v) is 11.4. The SMILES string of the molecule is CCCCCCCCCCCCCCCCCCCCC(=O)OCC(O)COP(=O)(O)OCC(O)CO. The first-order valence-corrected chi connectivity index (χ1v) is 16.0. The van der Waals surface area contributed by atoms with Crippen molar-refractivity contribution >= 4 is 13.8 Å². The third-order valence-electron chi connectivity index (χ3n) is 6.24. The largest absolute Gasteiger partial charge is 0.472 e. The average Bonchev–Trinajstić information content (AvgIpc) is 2.88. The van der Waals surface area contributed by atoms with Gasteiger partial charge in [0.1, 0.15) is 18.8 Å². The Bertz CT molecular complexity index is 562. The fourth-order valence-corrected chi connectivity index (χ4v) is 4.73. The molecule has 4 N–H and O–H groups in total. The Hall–Kier alpha value is -0.540. The number of aliphatic hydroxyl groups excluding tert-OH is 3. The fraction of sp³-hybridized carbons (Fsp3) is 0.963. The lowest BCUT2D eigenvalue weighted by Crippen LogP contribution is -2.24. The van der Waals surface area contributed by atoms with Crippen molar-refractivity contribution < 1.29 is 43.4 Å². The van der Waals surface area contributed by atoms with Crippen molar-refractivity contribution in [3.63, 3.8) is 0 Å². The predicted molar refractivity (Wildman–Crippen MR) is 145 cm³/mol. The molecular weight excluding hydrogens is 499 g/mol. The summed E-state index contributed by atoms with van der Waals surface area (Å²) in [6.45, 7) is 0.122. The van der Waals surface area contributed by atoms with Crippen LogP contribution in [0, 0.1) is 0 Å². The van der Waals surface area contributed by atoms with Gasteiger partial charge in [-0.3, -0.25) is 13.8 Å². The third kappa shape index (κ3) is 26.8. The lowest BCUT2D eigenvalue weighted by molar-refractivity contribution is -0.147. The molecule has 0 radical (unpaired) electrons. The van der Waals surface area contributed by atoms with Gasteiger partial charge >= 0.3 is 13.8 Å². The smallest absolute Gasteiger partial charge is 0.463 e. The highest BCUT2D eigenvalue weighted by atomic mass is 31.2. The zero-order valence-electron chi connectivity index (χ0n) is 23.2. The van der Waals surface area contributed by atoms with Gasteiger partial charge in [0.05, 0.1) is 19.8 Å². The maximum Gasteiger partial charge on any atom is 0.472 e. The molecule has 0 heterocycles. The zero-order chi connectivity index (χ0) is 27.6. The predicted octanol–water partition coefficient (Wildman–Crippen LogP) is 5.81. The van der Waals surface area contributed by atoms with Crippen LogP contribution in [0.2, 0.25) is 0 Å². The lowest BCUT2D eigenvalue weighted by Gasteiger charge is -2.16. The lowest BCUT2D eigenvalue weighted by atomic mass is 10.0. The van der Waals surface area contributed by atoms with Crippen LogP contribution in [-0.2, 0) is 23.1 Å². The molecule has 0 aliphatic heterocycles. The number of rotatable bonds is 28. The van der Waals surface area contributed by atoms with E-state index in [1.54, 1.807) is 0 Å². The molecule has 9 nitrogen and oxygen atoms in total. The van der Waals surface area contributed by atoms with E-state index in [4.69, 9.17) is 14.9 Å². The molecule has 0 saturated heterocycles. The van der Waals surface area contributed by atoms with Gasteiger partial charge in [-0.2, -0.15) is 0 Å². The van der Waals surface area contributed by atoms with Crippen molar-refractivity contribution in [2.45, 2.75) is 141 Å². The first-order chi connectivity index (χ1) is 17.8. The summed E-state index contributed by atoms with van der Waals surface area (Å²) in [5, 5.41) is 27.5. The van der Waals surface area contributed by atoms with Crippen molar-refractivity contribution in [2.24, 2.45) is 0 Å². The van der Waals surface area contributed by atoms with Crippen molar-refractivity contribution in [3.05, 3.63) is 0 Å². The van der Waals surface area contributed by atoms with Crippen LogP contribution >= 0.6 is 7.82 Å². The number of aliphatic hydroxyl groups is 3. The first kappa shape index (κ1) is 36.5. The minimum Gasteiger partial charge on any atom is -0.463 e. The fourth-order valence-electron chi connectivity index (χ4n) is 3.93. The van der Waals surface area contributed by atoms with Gasteiger partial charge in [0, 0.05) is 6.42 Å². The molecule has 3 unspecified atom stereocenters. The molecule has 0 saturated carbocycles. The Morgan fingerprint density at radius 2 is 1.03 bits per heavy atom. The standard InChI is InChI=1S/C27H55O9P/c1-2-3-4-5-6-7-8-9-10-11-12-13-14-15-16-17-18-19-20-27(31)34-22-26(30)24-36-37(32,33)35-23-25(29)21-28/h25-26,28-30H,2-24H2,1H3,(H,32,33). The summed E-state index contributed by atoms with van der Waals surface area (Å²) < 4.78 is 25.6. The van der Waals surface area contributed by atoms with Gasteiger partial charge < -0.3 is 24.9 Å². The van der Waals surface area contributed by atoms with Crippen molar-refractivity contribution in [2.75, 3.05) is 26.4 Å². The molecule has 0 aliphatic rings. The van der Waals surface area contributed by atoms with Gasteiger partial charge in [0.15, 0.2) is 0 Å². The Morgan fingerprint density at radius 3 is 1.43 bits per heavy atom. The van der Waals surface area contributed by atoms with Gasteiger partial charge in [-0.1, -0.05) is 116 Å². The number of carbonyl (C=O) groups excluding carboxylic acids is 1. The minimum absolute atomic E-state index is 0.271. The molecule has 0 aliphatic carbocycles. The molecule has 0 fully saturated rings. The second-order valence-electron chi connectivity index (χ2n) is 9.99. The first-order valence-electron chi connectivity index (χ1n) is 14.5. The quantitative estimate of drug-likeness (QED) is 0.0535. The number of phosphoric ester groups is 1. The molecular formula is C27H55O9P. The number of phosphoric acid groups is 1. The second kappa shape index (κ2) is 25.7. The number of ether oxygens (including phenoxy) is 1. The average molecular weight is 555 g/mol. The highest BCUT2D eigenvalue weighted by molar-refractivity contribution is 7.47. The molecule has 3 atom stereocenters. The van der Waals surface area contributed by atoms with Crippen molar-refractivity contribution in [1.82, 2.24) is 0 Å². The minimum atomic E-state index is -4.48. The maximum absolute atomic E-state index is 11.8. The van der Waals surface area contributed by atoms with Gasteiger partial charge in [-0.15, -0.1) is 0 Å². The van der Waals surface area contributed by atoms with E-state index in [0.717, 1.165) is 19.3 Å². The number of unbranched alkanes of at least 4 members (excludes halogenated alkanes) is 17. The third-order valence-corrected chi connectivity index (χ3v) is 7.19. The molecule has 0 bridgehead atoms. The summed E-state index contributed by atoms with van der Waals surface area (Å²) in [6.07, 6.45) is 20.7. The molecule has 0 aromatic heterocycles. The Labute approximate surface area is 224 Å². The molecule has 0 amide bonds. The van der Waals surface area contributed by atoms with Crippen LogP contribution < -0.4 is 0 Å². The molecule has 37 heavy (non-hydrogen) atoms. The number of hydrogen-bond acceptors (Lipinski definition) is 8. The summed E-state index contributed by atoms with van der Waals surface area (Å²) in [6, 6.07) is 0. The van der Waals surface area contributed by atoms with Gasteiger partial charge in [-0.25, -0.2) is 4.57 Å². The van der Waals surface area contributed by atoms with Crippen LogP contribution in [-0.4, -0.2) is 64.8 Å². The summed E-state index contributed by atoms with van der Waals surface area (Å²) in [5.74, 6) is -0.426. The summed E-state index contributed by atoms with van der Waals surface area (Å²) in [5.41, 5.74) is 0. The summed E-state index contributed by atoms with van der Waals surface area (Å²) >= 11 is 0. The normalized spacial score (nSPS) is 14.8. The van der Waals surface area contributed by atoms with Crippen molar-refractivity contribution in [3.8, 4) is 0 Å². The zero-order valence-corrected chi connectivity index (χ0v) is 24.1. The van der Waals surface area contributed by atoms with E-state index in [0.29, 0.717) is 0 Å². The summed E-state index contributed by atoms with van der Waals surface area (Å²) in [7, 11) is -4.48. The van der Waals surface area contributed by atoms with Crippen LogP contribution in [0.5, 0.6) is 0 Å². The van der Waals surface area contributed by atoms with E-state index in [-0.39, 0.29) is 13.0 Å². The molecule has 0 rings (SSSR count). The highest BCUT2D eigenvalue weighted by Crippen LogP contribution is 2.43. The molecule has 10 heteroatoms. The molecule has 222 valence electrons. The van der Waals surface area contributed by atoms with Crippen LogP contribution in [0.4, 0.5) is 0 Å². The van der Waals surface area contributed by atoms with Crippen LogP contribution in [0.1, 0.15) is 129 Å². The van der Waals surface area contributed by atoms with Gasteiger partial charge in [0.2, 0.25) is 0 Å². The van der Waals surface area contributed by atoms with Gasteiger partial charge in [-0.05, 0) is 6.42 Å². The Morgan fingerprint density at radius 1 is 0.649 bits per heavy atom. The van der Waals surface area contributed by atoms with E-state index in [9.17, 15) is 19.4 Å². The summed E-state index contributed by atoms with van der Waals surface area (Å²) in [4.78, 5) is 21.2. The molecule has 0 aromatic carbocycles. The monoisotopic (exact) mass is 554 g/mol. The van der Waals surface area contributed by atoms with Gasteiger partial charge in [0.25, 0.3) is 0 Å². The van der Waals surface area contributed by atoms with Crippen molar-refractivity contribution in [1.29, 1.82) is 0 Å².